The average Bonchev–Trinajstić information content (AvgIpc) is 2.40. The highest BCUT2D eigenvalue weighted by Gasteiger charge is 2.31. The van der Waals surface area contributed by atoms with Gasteiger partial charge in [0.05, 0.1) is 11.8 Å². The van der Waals surface area contributed by atoms with Crippen LogP contribution in [0.1, 0.15) is 51.1 Å². The summed E-state index contributed by atoms with van der Waals surface area (Å²) < 4.78 is 13.1. The Hall–Kier alpha value is -1.00. The first-order valence-electron chi connectivity index (χ1n) is 7.05. The van der Waals surface area contributed by atoms with E-state index in [0.717, 1.165) is 31.2 Å². The highest BCUT2D eigenvalue weighted by atomic mass is 19.1. The van der Waals surface area contributed by atoms with Gasteiger partial charge in [-0.1, -0.05) is 6.92 Å². The summed E-state index contributed by atoms with van der Waals surface area (Å²) in [7, 11) is 0. The van der Waals surface area contributed by atoms with Gasteiger partial charge in [0.1, 0.15) is 5.82 Å². The number of rotatable bonds is 4. The molecule has 19 heavy (non-hydrogen) atoms. The molecule has 4 heteroatoms. The molecule has 0 saturated heterocycles. The summed E-state index contributed by atoms with van der Waals surface area (Å²) in [6, 6.07) is 1.48. The predicted molar refractivity (Wildman–Crippen MR) is 73.2 cm³/mol. The van der Waals surface area contributed by atoms with Crippen LogP contribution in [0.3, 0.4) is 0 Å². The van der Waals surface area contributed by atoms with Gasteiger partial charge in [0.15, 0.2) is 0 Å². The van der Waals surface area contributed by atoms with Crippen molar-refractivity contribution in [2.24, 2.45) is 5.92 Å². The Labute approximate surface area is 114 Å². The Morgan fingerprint density at radius 2 is 2.16 bits per heavy atom. The molecule has 3 nitrogen and oxygen atoms in total. The predicted octanol–water partition coefficient (Wildman–Crippen LogP) is 2.81. The molecule has 0 bridgehead atoms. The molecule has 1 saturated carbocycles. The molecule has 0 spiro atoms. The average molecular weight is 266 g/mol. The molecular formula is C15H23FN2O. The molecule has 1 aliphatic carbocycles. The molecule has 2 N–H and O–H groups in total. The smallest absolute Gasteiger partial charge is 0.141 e. The highest BCUT2D eigenvalue weighted by molar-refractivity contribution is 5.14. The highest BCUT2D eigenvalue weighted by Crippen LogP contribution is 2.31. The van der Waals surface area contributed by atoms with Gasteiger partial charge in [0.25, 0.3) is 0 Å². The van der Waals surface area contributed by atoms with Gasteiger partial charge in [-0.25, -0.2) is 4.39 Å². The van der Waals surface area contributed by atoms with Crippen molar-refractivity contribution in [3.63, 3.8) is 0 Å². The minimum atomic E-state index is -0.610. The van der Waals surface area contributed by atoms with Crippen molar-refractivity contribution in [1.82, 2.24) is 10.3 Å². The van der Waals surface area contributed by atoms with Crippen LogP contribution >= 0.6 is 0 Å². The lowest BCUT2D eigenvalue weighted by molar-refractivity contribution is -0.00784. The molecule has 0 amide bonds. The first-order valence-corrected chi connectivity index (χ1v) is 7.05. The van der Waals surface area contributed by atoms with Crippen molar-refractivity contribution < 1.29 is 9.50 Å². The summed E-state index contributed by atoms with van der Waals surface area (Å²) in [6.07, 6.45) is 6.70. The number of halogens is 1. The number of hydrogen-bond acceptors (Lipinski definition) is 3. The molecule has 1 unspecified atom stereocenters. The fourth-order valence-corrected chi connectivity index (χ4v) is 2.60. The maximum absolute atomic E-state index is 13.1. The van der Waals surface area contributed by atoms with Gasteiger partial charge in [0.2, 0.25) is 0 Å². The molecule has 2 rings (SSSR count). The number of aliphatic hydroxyl groups is 1. The second-order valence-electron chi connectivity index (χ2n) is 5.95. The minimum absolute atomic E-state index is 0.00780. The van der Waals surface area contributed by atoms with Crippen LogP contribution in [0.4, 0.5) is 4.39 Å². The van der Waals surface area contributed by atoms with E-state index in [1.165, 1.54) is 12.3 Å². The van der Waals surface area contributed by atoms with E-state index in [-0.39, 0.29) is 11.9 Å². The van der Waals surface area contributed by atoms with Crippen LogP contribution in [0, 0.1) is 11.7 Å². The summed E-state index contributed by atoms with van der Waals surface area (Å²) in [4.78, 5) is 3.85. The van der Waals surface area contributed by atoms with Gasteiger partial charge in [-0.15, -0.1) is 0 Å². The van der Waals surface area contributed by atoms with Crippen LogP contribution in [0.25, 0.3) is 0 Å². The molecule has 0 aliphatic heterocycles. The third-order valence-electron chi connectivity index (χ3n) is 4.17. The minimum Gasteiger partial charge on any atom is -0.389 e. The lowest BCUT2D eigenvalue weighted by atomic mass is 9.79. The maximum atomic E-state index is 13.1. The Morgan fingerprint density at radius 1 is 1.47 bits per heavy atom. The summed E-state index contributed by atoms with van der Waals surface area (Å²) in [5.74, 6) is 0.390. The van der Waals surface area contributed by atoms with Crippen LogP contribution in [-0.2, 0) is 0 Å². The molecule has 1 fully saturated rings. The Kier molecular flexibility index (Phi) is 4.53. The lowest BCUT2D eigenvalue weighted by Gasteiger charge is -2.36. The van der Waals surface area contributed by atoms with Crippen molar-refractivity contribution in [2.75, 3.05) is 6.54 Å². The van der Waals surface area contributed by atoms with Gasteiger partial charge >= 0.3 is 0 Å². The largest absolute Gasteiger partial charge is 0.389 e. The molecule has 1 heterocycles. The van der Waals surface area contributed by atoms with Crippen LogP contribution in [0.5, 0.6) is 0 Å². The van der Waals surface area contributed by atoms with Crippen molar-refractivity contribution in [3.05, 3.63) is 29.8 Å². The normalized spacial score (nSPS) is 29.2. The summed E-state index contributed by atoms with van der Waals surface area (Å²) in [5, 5.41) is 13.8. The molecule has 106 valence electrons. The van der Waals surface area contributed by atoms with E-state index < -0.39 is 5.60 Å². The molecular weight excluding hydrogens is 243 g/mol. The van der Waals surface area contributed by atoms with Crippen molar-refractivity contribution in [2.45, 2.75) is 51.2 Å². The Bertz CT molecular complexity index is 416. The zero-order chi connectivity index (χ0) is 13.9. The molecule has 0 radical (unpaired) electrons. The van der Waals surface area contributed by atoms with Crippen LogP contribution in [-0.4, -0.2) is 22.2 Å². The number of pyridine rings is 1. The second kappa shape index (κ2) is 5.97. The Balaban J connectivity index is 1.88. The van der Waals surface area contributed by atoms with E-state index in [2.05, 4.69) is 17.2 Å². The molecule has 1 atom stereocenters. The fraction of sp³-hybridized carbons (Fsp3) is 0.667. The fourth-order valence-electron chi connectivity index (χ4n) is 2.60. The number of nitrogens with zero attached hydrogens (tertiary/aromatic N) is 1. The number of hydrogen-bond donors (Lipinski definition) is 2. The number of aromatic nitrogens is 1. The third-order valence-corrected chi connectivity index (χ3v) is 4.17. The third kappa shape index (κ3) is 3.98. The van der Waals surface area contributed by atoms with E-state index in [4.69, 9.17) is 0 Å². The first kappa shape index (κ1) is 14.4. The topological polar surface area (TPSA) is 45.1 Å². The van der Waals surface area contributed by atoms with Crippen LogP contribution in [0.15, 0.2) is 18.5 Å². The van der Waals surface area contributed by atoms with Gasteiger partial charge in [-0.3, -0.25) is 4.98 Å². The van der Waals surface area contributed by atoms with E-state index in [1.54, 1.807) is 6.20 Å². The first-order chi connectivity index (χ1) is 8.98. The van der Waals surface area contributed by atoms with Crippen molar-refractivity contribution in [3.8, 4) is 0 Å². The quantitative estimate of drug-likeness (QED) is 0.881. The van der Waals surface area contributed by atoms with E-state index in [9.17, 15) is 9.50 Å². The van der Waals surface area contributed by atoms with Crippen molar-refractivity contribution in [1.29, 1.82) is 0 Å². The van der Waals surface area contributed by atoms with E-state index in [0.29, 0.717) is 12.5 Å². The van der Waals surface area contributed by atoms with Crippen LogP contribution in [0.2, 0.25) is 0 Å². The summed E-state index contributed by atoms with van der Waals surface area (Å²) in [6.45, 7) is 4.75. The zero-order valence-corrected chi connectivity index (χ0v) is 11.7. The van der Waals surface area contributed by atoms with Gasteiger partial charge in [-0.05, 0) is 50.2 Å². The molecule has 0 aromatic carbocycles. The maximum Gasteiger partial charge on any atom is 0.141 e. The molecule has 1 aromatic rings. The van der Waals surface area contributed by atoms with Gasteiger partial charge in [-0.2, -0.15) is 0 Å². The monoisotopic (exact) mass is 266 g/mol. The molecule has 1 aromatic heterocycles. The van der Waals surface area contributed by atoms with Gasteiger partial charge in [0, 0.05) is 18.8 Å². The van der Waals surface area contributed by atoms with E-state index in [1.807, 2.05) is 6.92 Å². The number of nitrogens with one attached hydrogen (secondary N) is 1. The van der Waals surface area contributed by atoms with E-state index >= 15 is 0 Å². The summed E-state index contributed by atoms with van der Waals surface area (Å²) in [5.41, 5.74) is 0.203. The lowest BCUT2D eigenvalue weighted by Crippen LogP contribution is -2.44. The van der Waals surface area contributed by atoms with Gasteiger partial charge < -0.3 is 10.4 Å². The molecule has 1 aliphatic rings. The SMILES string of the molecule is CC1CCC(O)(CNC(C)c2cncc(F)c2)CC1. The summed E-state index contributed by atoms with van der Waals surface area (Å²) >= 11 is 0. The second-order valence-corrected chi connectivity index (χ2v) is 5.95. The standard InChI is InChI=1S/C15H23FN2O/c1-11-3-5-15(19,6-4-11)10-18-12(2)13-7-14(16)9-17-8-13/h7-9,11-12,18-19H,3-6,10H2,1-2H3. The Morgan fingerprint density at radius 3 is 2.79 bits per heavy atom. The zero-order valence-electron chi connectivity index (χ0n) is 11.7. The van der Waals surface area contributed by atoms with Crippen molar-refractivity contribution >= 4 is 0 Å². The van der Waals surface area contributed by atoms with Crippen LogP contribution < -0.4 is 5.32 Å².